The highest BCUT2D eigenvalue weighted by Crippen LogP contribution is 2.41. The molecule has 1 unspecified atom stereocenters. The van der Waals surface area contributed by atoms with E-state index in [0.717, 1.165) is 12.8 Å². The van der Waals surface area contributed by atoms with Crippen LogP contribution in [-0.4, -0.2) is 27.5 Å². The van der Waals surface area contributed by atoms with E-state index in [4.69, 9.17) is 5.73 Å². The van der Waals surface area contributed by atoms with Crippen LogP contribution in [0.5, 0.6) is 0 Å². The SMILES string of the molecule is CC(Nc1ncccc1C(N)=O)(C(=O)O)C1CC1. The zero-order valence-electron chi connectivity index (χ0n) is 10.0. The van der Waals surface area contributed by atoms with Crippen molar-refractivity contribution in [3.63, 3.8) is 0 Å². The van der Waals surface area contributed by atoms with Crippen LogP contribution in [0.15, 0.2) is 18.3 Å². The molecule has 1 aliphatic carbocycles. The number of nitrogens with zero attached hydrogens (tertiary/aromatic N) is 1. The molecule has 1 heterocycles. The minimum absolute atomic E-state index is 0.0535. The van der Waals surface area contributed by atoms with Crippen molar-refractivity contribution < 1.29 is 14.7 Å². The van der Waals surface area contributed by atoms with E-state index in [1.54, 1.807) is 13.0 Å². The predicted molar refractivity (Wildman–Crippen MR) is 65.1 cm³/mol. The van der Waals surface area contributed by atoms with Crippen molar-refractivity contribution in [2.45, 2.75) is 25.3 Å². The lowest BCUT2D eigenvalue weighted by molar-refractivity contribution is -0.142. The number of aliphatic carboxylic acids is 1. The molecule has 1 aliphatic rings. The van der Waals surface area contributed by atoms with E-state index in [1.165, 1.54) is 12.3 Å². The molecule has 1 amide bonds. The summed E-state index contributed by atoms with van der Waals surface area (Å²) in [5, 5.41) is 12.2. The minimum Gasteiger partial charge on any atom is -0.480 e. The van der Waals surface area contributed by atoms with Gasteiger partial charge in [-0.15, -0.1) is 0 Å². The van der Waals surface area contributed by atoms with Gasteiger partial charge < -0.3 is 16.2 Å². The molecule has 6 heteroatoms. The molecule has 96 valence electrons. The molecule has 1 aromatic heterocycles. The van der Waals surface area contributed by atoms with Crippen molar-refractivity contribution >= 4 is 17.7 Å². The summed E-state index contributed by atoms with van der Waals surface area (Å²) in [7, 11) is 0. The van der Waals surface area contributed by atoms with Gasteiger partial charge >= 0.3 is 5.97 Å². The van der Waals surface area contributed by atoms with Crippen LogP contribution in [0, 0.1) is 5.92 Å². The summed E-state index contributed by atoms with van der Waals surface area (Å²) in [5.74, 6) is -1.31. The summed E-state index contributed by atoms with van der Waals surface area (Å²) >= 11 is 0. The van der Waals surface area contributed by atoms with E-state index < -0.39 is 17.4 Å². The van der Waals surface area contributed by atoms with E-state index in [0.29, 0.717) is 0 Å². The average Bonchev–Trinajstić information content (AvgIpc) is 3.13. The van der Waals surface area contributed by atoms with Gasteiger partial charge in [-0.1, -0.05) is 0 Å². The Balaban J connectivity index is 2.32. The molecule has 2 rings (SSSR count). The van der Waals surface area contributed by atoms with Crippen LogP contribution in [-0.2, 0) is 4.79 Å². The number of carbonyl (C=O) groups excluding carboxylic acids is 1. The zero-order chi connectivity index (χ0) is 13.3. The Morgan fingerprint density at radius 2 is 2.22 bits per heavy atom. The predicted octanol–water partition coefficient (Wildman–Crippen LogP) is 0.846. The first-order chi connectivity index (χ1) is 8.45. The highest BCUT2D eigenvalue weighted by atomic mass is 16.4. The van der Waals surface area contributed by atoms with Crippen molar-refractivity contribution in [3.8, 4) is 0 Å². The maximum absolute atomic E-state index is 11.4. The number of hydrogen-bond donors (Lipinski definition) is 3. The first-order valence-electron chi connectivity index (χ1n) is 5.71. The Bertz CT molecular complexity index is 499. The maximum atomic E-state index is 11.4. The second-order valence-corrected chi connectivity index (χ2v) is 4.67. The van der Waals surface area contributed by atoms with Crippen LogP contribution in [0.2, 0.25) is 0 Å². The second kappa shape index (κ2) is 4.29. The summed E-state index contributed by atoms with van der Waals surface area (Å²) in [4.78, 5) is 26.6. The molecule has 0 bridgehead atoms. The molecular weight excluding hydrogens is 234 g/mol. The van der Waals surface area contributed by atoms with Crippen molar-refractivity contribution in [1.29, 1.82) is 0 Å². The van der Waals surface area contributed by atoms with Crippen LogP contribution < -0.4 is 11.1 Å². The largest absolute Gasteiger partial charge is 0.480 e. The van der Waals surface area contributed by atoms with E-state index >= 15 is 0 Å². The molecule has 1 saturated carbocycles. The Morgan fingerprint density at radius 3 is 2.72 bits per heavy atom. The first kappa shape index (κ1) is 12.3. The number of nitrogens with one attached hydrogen (secondary N) is 1. The van der Waals surface area contributed by atoms with Gasteiger partial charge in [0, 0.05) is 6.20 Å². The third-order valence-corrected chi connectivity index (χ3v) is 3.29. The van der Waals surface area contributed by atoms with Crippen molar-refractivity contribution in [2.75, 3.05) is 5.32 Å². The van der Waals surface area contributed by atoms with Gasteiger partial charge in [-0.2, -0.15) is 0 Å². The molecule has 1 atom stereocenters. The lowest BCUT2D eigenvalue weighted by atomic mass is 9.95. The zero-order valence-corrected chi connectivity index (χ0v) is 10.0. The summed E-state index contributed by atoms with van der Waals surface area (Å²) in [6.07, 6.45) is 3.20. The standard InChI is InChI=1S/C12H15N3O3/c1-12(11(17)18,7-4-5-7)15-10-8(9(13)16)3-2-6-14-10/h2-3,6-7H,4-5H2,1H3,(H2,13,16)(H,14,15)(H,17,18). The number of carboxylic acid groups (broad SMARTS) is 1. The molecule has 18 heavy (non-hydrogen) atoms. The number of carbonyl (C=O) groups is 2. The highest BCUT2D eigenvalue weighted by molar-refractivity contribution is 5.98. The van der Waals surface area contributed by atoms with Crippen molar-refractivity contribution in [2.24, 2.45) is 11.7 Å². The lowest BCUT2D eigenvalue weighted by Gasteiger charge is -2.27. The number of pyridine rings is 1. The number of primary amides is 1. The summed E-state index contributed by atoms with van der Waals surface area (Å²) in [6, 6.07) is 3.10. The topological polar surface area (TPSA) is 105 Å². The van der Waals surface area contributed by atoms with Crippen molar-refractivity contribution in [3.05, 3.63) is 23.9 Å². The second-order valence-electron chi connectivity index (χ2n) is 4.67. The summed E-state index contributed by atoms with van der Waals surface area (Å²) in [5.41, 5.74) is 4.32. The van der Waals surface area contributed by atoms with Crippen LogP contribution in [0.1, 0.15) is 30.1 Å². The molecule has 6 nitrogen and oxygen atoms in total. The van der Waals surface area contributed by atoms with E-state index in [9.17, 15) is 14.7 Å². The number of aromatic nitrogens is 1. The molecule has 0 spiro atoms. The van der Waals surface area contributed by atoms with Crippen LogP contribution >= 0.6 is 0 Å². The fraction of sp³-hybridized carbons (Fsp3) is 0.417. The van der Waals surface area contributed by atoms with Gasteiger partial charge in [0.2, 0.25) is 0 Å². The van der Waals surface area contributed by atoms with E-state index in [1.807, 2.05) is 0 Å². The number of amides is 1. The summed E-state index contributed by atoms with van der Waals surface area (Å²) in [6.45, 7) is 1.60. The van der Waals surface area contributed by atoms with Gasteiger partial charge in [0.1, 0.15) is 11.4 Å². The molecule has 4 N–H and O–H groups in total. The molecule has 1 aromatic rings. The van der Waals surface area contributed by atoms with Gasteiger partial charge in [0.15, 0.2) is 0 Å². The van der Waals surface area contributed by atoms with Gasteiger partial charge in [-0.25, -0.2) is 9.78 Å². The lowest BCUT2D eigenvalue weighted by Crippen LogP contribution is -2.46. The van der Waals surface area contributed by atoms with Gasteiger partial charge in [0.25, 0.3) is 5.91 Å². The quantitative estimate of drug-likeness (QED) is 0.717. The Hall–Kier alpha value is -2.11. The molecule has 0 aliphatic heterocycles. The molecule has 0 saturated heterocycles. The fourth-order valence-corrected chi connectivity index (χ4v) is 1.94. The average molecular weight is 249 g/mol. The number of carboxylic acids is 1. The Labute approximate surface area is 104 Å². The number of rotatable bonds is 5. The Morgan fingerprint density at radius 1 is 1.56 bits per heavy atom. The first-order valence-corrected chi connectivity index (χ1v) is 5.71. The smallest absolute Gasteiger partial charge is 0.329 e. The van der Waals surface area contributed by atoms with Crippen LogP contribution in [0.3, 0.4) is 0 Å². The fourth-order valence-electron chi connectivity index (χ4n) is 1.94. The third-order valence-electron chi connectivity index (χ3n) is 3.29. The third kappa shape index (κ3) is 2.13. The normalized spacial score (nSPS) is 17.8. The van der Waals surface area contributed by atoms with Gasteiger partial charge in [-0.3, -0.25) is 4.79 Å². The van der Waals surface area contributed by atoms with Gasteiger partial charge in [0.05, 0.1) is 5.56 Å². The van der Waals surface area contributed by atoms with E-state index in [2.05, 4.69) is 10.3 Å². The van der Waals surface area contributed by atoms with Gasteiger partial charge in [-0.05, 0) is 37.8 Å². The number of hydrogen-bond acceptors (Lipinski definition) is 4. The monoisotopic (exact) mass is 249 g/mol. The molecule has 0 aromatic carbocycles. The number of nitrogens with two attached hydrogens (primary N) is 1. The Kier molecular flexibility index (Phi) is 2.94. The maximum Gasteiger partial charge on any atom is 0.329 e. The molecule has 1 fully saturated rings. The summed E-state index contributed by atoms with van der Waals surface area (Å²) < 4.78 is 0. The van der Waals surface area contributed by atoms with Crippen LogP contribution in [0.4, 0.5) is 5.82 Å². The molecular formula is C12H15N3O3. The van der Waals surface area contributed by atoms with Crippen LogP contribution in [0.25, 0.3) is 0 Å². The van der Waals surface area contributed by atoms with E-state index in [-0.39, 0.29) is 17.3 Å². The van der Waals surface area contributed by atoms with Crippen molar-refractivity contribution in [1.82, 2.24) is 4.98 Å². The minimum atomic E-state index is -1.11. The molecule has 0 radical (unpaired) electrons. The highest BCUT2D eigenvalue weighted by Gasteiger charge is 2.48. The number of anilines is 1.